The molecule has 3 saturated carbocycles. The fourth-order valence-corrected chi connectivity index (χ4v) is 9.22. The first kappa shape index (κ1) is 28.8. The first-order chi connectivity index (χ1) is 21.0. The van der Waals surface area contributed by atoms with Crippen LogP contribution in [0.1, 0.15) is 107 Å². The summed E-state index contributed by atoms with van der Waals surface area (Å²) in [6, 6.07) is 7.30. The monoisotopic (exact) mass is 590 g/mol. The quantitative estimate of drug-likeness (QED) is 0.363. The molecular formula is C35H45FN3O4. The van der Waals surface area contributed by atoms with E-state index >= 15 is 0 Å². The third-order valence-electron chi connectivity index (χ3n) is 11.4. The average molecular weight is 591 g/mol. The minimum Gasteiger partial charge on any atom is -0.434 e. The number of carbonyl (C=O) groups excluding carboxylic acids is 3. The highest BCUT2D eigenvalue weighted by molar-refractivity contribution is 6.02. The van der Waals surface area contributed by atoms with Crippen molar-refractivity contribution in [2.75, 3.05) is 18.5 Å². The van der Waals surface area contributed by atoms with E-state index in [4.69, 9.17) is 4.74 Å². The number of fused-ring (bicyclic) bond motifs is 4. The predicted molar refractivity (Wildman–Crippen MR) is 163 cm³/mol. The minimum atomic E-state index is -0.585. The van der Waals surface area contributed by atoms with Gasteiger partial charge in [-0.25, -0.2) is 4.79 Å². The summed E-state index contributed by atoms with van der Waals surface area (Å²) in [4.78, 5) is 42.8. The summed E-state index contributed by atoms with van der Waals surface area (Å²) in [7, 11) is 0. The SMILES string of the molecule is O=C1OC2(CCCCC2)n2c1cc1cc(NC(=O)[C@@H]3[C@H](C4CCCCC4)CCN3C(=O)C3CCC([CH]CF)CC3)ccc12. The van der Waals surface area contributed by atoms with E-state index in [1.165, 1.54) is 19.3 Å². The van der Waals surface area contributed by atoms with Gasteiger partial charge in [0, 0.05) is 36.4 Å². The molecule has 8 heteroatoms. The van der Waals surface area contributed by atoms with Gasteiger partial charge in [-0.1, -0.05) is 38.5 Å². The highest BCUT2D eigenvalue weighted by Crippen LogP contribution is 2.45. The normalized spacial score (nSPS) is 29.1. The molecule has 1 radical (unpaired) electrons. The van der Waals surface area contributed by atoms with Crippen LogP contribution in [-0.2, 0) is 20.1 Å². The number of ether oxygens (including phenoxy) is 1. The second kappa shape index (κ2) is 11.9. The molecule has 1 aromatic heterocycles. The molecule has 0 unspecified atom stereocenters. The van der Waals surface area contributed by atoms with Crippen LogP contribution in [0.25, 0.3) is 10.9 Å². The Morgan fingerprint density at radius 1 is 0.953 bits per heavy atom. The molecule has 231 valence electrons. The molecule has 3 heterocycles. The van der Waals surface area contributed by atoms with Gasteiger partial charge in [0.1, 0.15) is 11.7 Å². The van der Waals surface area contributed by atoms with Gasteiger partial charge in [0.15, 0.2) is 5.72 Å². The molecule has 0 bridgehead atoms. The van der Waals surface area contributed by atoms with Crippen LogP contribution in [0.15, 0.2) is 24.3 Å². The molecule has 2 amide bonds. The molecule has 1 spiro atoms. The molecule has 7 rings (SSSR count). The van der Waals surface area contributed by atoms with Crippen molar-refractivity contribution < 1.29 is 23.5 Å². The lowest BCUT2D eigenvalue weighted by molar-refractivity contribution is -0.142. The van der Waals surface area contributed by atoms with E-state index in [1.807, 2.05) is 29.2 Å². The fourth-order valence-electron chi connectivity index (χ4n) is 9.22. The number of nitrogens with zero attached hydrogens (tertiary/aromatic N) is 2. The van der Waals surface area contributed by atoms with Gasteiger partial charge >= 0.3 is 5.97 Å². The number of amides is 2. The van der Waals surface area contributed by atoms with Crippen LogP contribution in [-0.4, -0.2) is 46.5 Å². The van der Waals surface area contributed by atoms with Gasteiger partial charge in [0.2, 0.25) is 11.8 Å². The number of nitrogens with one attached hydrogen (secondary N) is 1. The summed E-state index contributed by atoms with van der Waals surface area (Å²) >= 11 is 0. The number of hydrogen-bond donors (Lipinski definition) is 1. The summed E-state index contributed by atoms with van der Waals surface area (Å²) in [5, 5.41) is 4.11. The van der Waals surface area contributed by atoms with E-state index in [0.29, 0.717) is 23.8 Å². The van der Waals surface area contributed by atoms with Crippen LogP contribution in [0.3, 0.4) is 0 Å². The number of likely N-dealkylation sites (tertiary alicyclic amines) is 1. The van der Waals surface area contributed by atoms with Gasteiger partial charge in [-0.05, 0) is 93.4 Å². The van der Waals surface area contributed by atoms with Gasteiger partial charge in [-0.2, -0.15) is 0 Å². The lowest BCUT2D eigenvalue weighted by atomic mass is 9.76. The Bertz CT molecular complexity index is 1370. The second-order valence-corrected chi connectivity index (χ2v) is 13.9. The van der Waals surface area contributed by atoms with Crippen molar-refractivity contribution in [1.82, 2.24) is 9.47 Å². The summed E-state index contributed by atoms with van der Waals surface area (Å²) in [5.41, 5.74) is 1.65. The van der Waals surface area contributed by atoms with Crippen molar-refractivity contribution >= 4 is 34.4 Å². The first-order valence-corrected chi connectivity index (χ1v) is 16.9. The Balaban J connectivity index is 1.12. The van der Waals surface area contributed by atoms with Gasteiger partial charge in [0.05, 0.1) is 12.2 Å². The molecular weight excluding hydrogens is 545 g/mol. The Morgan fingerprint density at radius 2 is 1.70 bits per heavy atom. The van der Waals surface area contributed by atoms with Crippen molar-refractivity contribution in [2.24, 2.45) is 23.7 Å². The Morgan fingerprint density at radius 3 is 2.44 bits per heavy atom. The maximum atomic E-state index is 14.1. The standard InChI is InChI=1S/C35H45FN3O4/c36-19-15-23-9-11-25(12-10-23)33(41)38-20-16-28(24-7-3-1-4-8-24)31(38)32(40)37-27-13-14-29-26(21-27)22-30-34(42)43-35(39(29)30)17-5-2-6-18-35/h13-15,21-25,28,31H,1-12,16-20H2,(H,37,40)/t23?,25?,28-,31-/m0/s1. The molecule has 1 saturated heterocycles. The lowest BCUT2D eigenvalue weighted by Gasteiger charge is -2.36. The third kappa shape index (κ3) is 5.27. The van der Waals surface area contributed by atoms with Gasteiger partial charge in [-0.3, -0.25) is 18.5 Å². The number of halogens is 1. The molecule has 7 nitrogen and oxygen atoms in total. The lowest BCUT2D eigenvalue weighted by Crippen LogP contribution is -2.49. The molecule has 2 aliphatic heterocycles. The molecule has 1 N–H and O–H groups in total. The number of benzene rings is 1. The second-order valence-electron chi connectivity index (χ2n) is 13.9. The summed E-state index contributed by atoms with van der Waals surface area (Å²) in [6.07, 6.45) is 16.6. The third-order valence-corrected chi connectivity index (χ3v) is 11.4. The average Bonchev–Trinajstić information content (AvgIpc) is 3.71. The summed E-state index contributed by atoms with van der Waals surface area (Å²) in [5.74, 6) is 0.535. The van der Waals surface area contributed by atoms with Crippen LogP contribution in [0.5, 0.6) is 0 Å². The minimum absolute atomic E-state index is 0.0865. The Kier molecular flexibility index (Phi) is 7.97. The zero-order valence-electron chi connectivity index (χ0n) is 25.2. The Hall–Kier alpha value is -2.90. The highest BCUT2D eigenvalue weighted by Gasteiger charge is 2.48. The van der Waals surface area contributed by atoms with Crippen LogP contribution in [0.2, 0.25) is 0 Å². The van der Waals surface area contributed by atoms with Crippen LogP contribution >= 0.6 is 0 Å². The molecule has 2 aromatic rings. The fraction of sp³-hybridized carbons (Fsp3) is 0.657. The number of anilines is 1. The highest BCUT2D eigenvalue weighted by atomic mass is 19.1. The van der Waals surface area contributed by atoms with E-state index in [9.17, 15) is 18.8 Å². The van der Waals surface area contributed by atoms with Gasteiger partial charge in [0.25, 0.3) is 0 Å². The first-order valence-electron chi connectivity index (χ1n) is 16.9. The Labute approximate surface area is 253 Å². The predicted octanol–water partition coefficient (Wildman–Crippen LogP) is 7.14. The van der Waals surface area contributed by atoms with Crippen LogP contribution in [0, 0.1) is 30.1 Å². The van der Waals surface area contributed by atoms with E-state index in [1.54, 1.807) is 6.42 Å². The van der Waals surface area contributed by atoms with E-state index in [2.05, 4.69) is 9.88 Å². The van der Waals surface area contributed by atoms with Crippen LogP contribution in [0.4, 0.5) is 10.1 Å². The van der Waals surface area contributed by atoms with Crippen LogP contribution < -0.4 is 5.32 Å². The smallest absolute Gasteiger partial charge is 0.357 e. The number of hydrogen-bond acceptors (Lipinski definition) is 4. The van der Waals surface area contributed by atoms with Crippen molar-refractivity contribution in [1.29, 1.82) is 0 Å². The number of aromatic nitrogens is 1. The number of carbonyl (C=O) groups is 3. The number of rotatable bonds is 6. The maximum absolute atomic E-state index is 14.1. The van der Waals surface area contributed by atoms with Gasteiger partial charge < -0.3 is 15.0 Å². The van der Waals surface area contributed by atoms with Crippen molar-refractivity contribution in [2.45, 2.75) is 108 Å². The topological polar surface area (TPSA) is 80.6 Å². The molecule has 4 fully saturated rings. The van der Waals surface area contributed by atoms with E-state index in [-0.39, 0.29) is 35.5 Å². The summed E-state index contributed by atoms with van der Waals surface area (Å²) < 4.78 is 20.9. The number of alkyl halides is 1. The van der Waals surface area contributed by atoms with E-state index < -0.39 is 18.4 Å². The van der Waals surface area contributed by atoms with Crippen molar-refractivity contribution in [3.63, 3.8) is 0 Å². The molecule has 43 heavy (non-hydrogen) atoms. The molecule has 5 aliphatic rings. The molecule has 1 aromatic carbocycles. The van der Waals surface area contributed by atoms with Gasteiger partial charge in [-0.15, -0.1) is 0 Å². The van der Waals surface area contributed by atoms with E-state index in [0.717, 1.165) is 88.0 Å². The zero-order chi connectivity index (χ0) is 29.6. The number of esters is 1. The summed E-state index contributed by atoms with van der Waals surface area (Å²) in [6.45, 7) is 0.216. The maximum Gasteiger partial charge on any atom is 0.357 e. The van der Waals surface area contributed by atoms with Crippen molar-refractivity contribution in [3.05, 3.63) is 36.4 Å². The van der Waals surface area contributed by atoms with Crippen molar-refractivity contribution in [3.8, 4) is 0 Å². The molecule has 2 atom stereocenters. The largest absolute Gasteiger partial charge is 0.434 e. The zero-order valence-corrected chi connectivity index (χ0v) is 25.2. The molecule has 3 aliphatic carbocycles.